The minimum atomic E-state index is 0.767. The van der Waals surface area contributed by atoms with Gasteiger partial charge in [0.25, 0.3) is 0 Å². The molecule has 0 saturated heterocycles. The maximum Gasteiger partial charge on any atom is 0.0983 e. The second kappa shape index (κ2) is 5.23. The van der Waals surface area contributed by atoms with Gasteiger partial charge in [-0.2, -0.15) is 0 Å². The number of pyridine rings is 1. The normalized spacial score (nSPS) is 10.5. The summed E-state index contributed by atoms with van der Waals surface area (Å²) in [7, 11) is 0. The Morgan fingerprint density at radius 2 is 1.82 bits per heavy atom. The Balaban J connectivity index is 2.07. The summed E-state index contributed by atoms with van der Waals surface area (Å²) in [6, 6.07) is 10.3. The quantitative estimate of drug-likeness (QED) is 0.839. The smallest absolute Gasteiger partial charge is 0.0983 e. The molecule has 17 heavy (non-hydrogen) atoms. The summed E-state index contributed by atoms with van der Waals surface area (Å²) >= 11 is 1.71. The zero-order valence-electron chi connectivity index (χ0n) is 10.1. The third-order valence-electron chi connectivity index (χ3n) is 2.43. The molecule has 2 nitrogen and oxygen atoms in total. The highest BCUT2D eigenvalue weighted by Crippen LogP contribution is 2.23. The lowest BCUT2D eigenvalue weighted by Crippen LogP contribution is -1.89. The fourth-order valence-electron chi connectivity index (χ4n) is 1.81. The predicted molar refractivity (Wildman–Crippen MR) is 74.1 cm³/mol. The third-order valence-corrected chi connectivity index (χ3v) is 3.42. The molecular formula is C14H16N2S. The second-order valence-electron chi connectivity index (χ2n) is 4.21. The van der Waals surface area contributed by atoms with Crippen molar-refractivity contribution in [2.75, 3.05) is 5.73 Å². The van der Waals surface area contributed by atoms with Crippen LogP contribution in [0.3, 0.4) is 0 Å². The summed E-state index contributed by atoms with van der Waals surface area (Å²) < 4.78 is 0. The lowest BCUT2D eigenvalue weighted by molar-refractivity contribution is 1.13. The van der Waals surface area contributed by atoms with Crippen LogP contribution in [0, 0.1) is 13.8 Å². The van der Waals surface area contributed by atoms with Crippen LogP contribution in [-0.4, -0.2) is 4.98 Å². The number of hydrogen-bond donors (Lipinski definition) is 1. The van der Waals surface area contributed by atoms with Crippen LogP contribution in [-0.2, 0) is 5.75 Å². The maximum atomic E-state index is 5.72. The summed E-state index contributed by atoms with van der Waals surface area (Å²) in [5.41, 5.74) is 10.4. The number of aromatic nitrogens is 1. The second-order valence-corrected chi connectivity index (χ2v) is 5.21. The molecule has 0 spiro atoms. The number of anilines is 1. The van der Waals surface area contributed by atoms with Gasteiger partial charge in [-0.05, 0) is 31.5 Å². The fourth-order valence-corrected chi connectivity index (χ4v) is 2.65. The fraction of sp³-hybridized carbons (Fsp3) is 0.214. The third kappa shape index (κ3) is 3.49. The van der Waals surface area contributed by atoms with Crippen LogP contribution >= 0.6 is 11.8 Å². The van der Waals surface area contributed by atoms with Crippen molar-refractivity contribution in [3.63, 3.8) is 0 Å². The molecule has 0 unspecified atom stereocenters. The van der Waals surface area contributed by atoms with Gasteiger partial charge in [-0.25, -0.2) is 4.98 Å². The first-order chi connectivity index (χ1) is 8.13. The number of hydrogen-bond acceptors (Lipinski definition) is 3. The minimum absolute atomic E-state index is 0.767. The van der Waals surface area contributed by atoms with E-state index in [-0.39, 0.29) is 0 Å². The topological polar surface area (TPSA) is 38.9 Å². The van der Waals surface area contributed by atoms with Gasteiger partial charge in [0, 0.05) is 17.6 Å². The highest BCUT2D eigenvalue weighted by molar-refractivity contribution is 7.98. The average molecular weight is 244 g/mol. The molecule has 1 aromatic heterocycles. The van der Waals surface area contributed by atoms with Crippen LogP contribution in [0.1, 0.15) is 16.7 Å². The lowest BCUT2D eigenvalue weighted by Gasteiger charge is -2.05. The van der Waals surface area contributed by atoms with Crippen molar-refractivity contribution in [1.29, 1.82) is 0 Å². The zero-order valence-corrected chi connectivity index (χ0v) is 10.9. The number of thioether (sulfide) groups is 1. The molecule has 0 bridgehead atoms. The standard InChI is InChI=1S/C14H16N2S/c1-10-5-11(2)7-12(6-10)9-17-14-8-13(15)3-4-16-14/h3-8H,9H2,1-2H3,(H2,15,16). The first-order valence-corrected chi connectivity index (χ1v) is 6.53. The molecule has 0 atom stereocenters. The van der Waals surface area contributed by atoms with E-state index in [1.807, 2.05) is 6.07 Å². The minimum Gasteiger partial charge on any atom is -0.399 e. The van der Waals surface area contributed by atoms with Gasteiger partial charge in [-0.1, -0.05) is 29.3 Å². The summed E-state index contributed by atoms with van der Waals surface area (Å²) in [6.07, 6.45) is 1.75. The molecule has 0 radical (unpaired) electrons. The summed E-state index contributed by atoms with van der Waals surface area (Å²) in [5.74, 6) is 0.930. The van der Waals surface area contributed by atoms with Gasteiger partial charge in [0.1, 0.15) is 0 Å². The van der Waals surface area contributed by atoms with Crippen molar-refractivity contribution in [3.05, 3.63) is 53.2 Å². The predicted octanol–water partition coefficient (Wildman–Crippen LogP) is 3.57. The number of nitrogens with two attached hydrogens (primary N) is 1. The van der Waals surface area contributed by atoms with Crippen LogP contribution in [0.2, 0.25) is 0 Å². The van der Waals surface area contributed by atoms with E-state index in [1.165, 1.54) is 16.7 Å². The maximum absolute atomic E-state index is 5.72. The molecule has 1 heterocycles. The van der Waals surface area contributed by atoms with Crippen LogP contribution in [0.15, 0.2) is 41.6 Å². The van der Waals surface area contributed by atoms with E-state index < -0.39 is 0 Å². The van der Waals surface area contributed by atoms with E-state index in [0.717, 1.165) is 16.5 Å². The zero-order chi connectivity index (χ0) is 12.3. The van der Waals surface area contributed by atoms with Gasteiger partial charge in [0.05, 0.1) is 5.03 Å². The van der Waals surface area contributed by atoms with Crippen LogP contribution in [0.5, 0.6) is 0 Å². The van der Waals surface area contributed by atoms with Gasteiger partial charge in [-0.3, -0.25) is 0 Å². The van der Waals surface area contributed by atoms with Gasteiger partial charge in [0.15, 0.2) is 0 Å². The molecule has 2 aromatic rings. The van der Waals surface area contributed by atoms with E-state index in [0.29, 0.717) is 0 Å². The van der Waals surface area contributed by atoms with Crippen molar-refractivity contribution >= 4 is 17.4 Å². The Kier molecular flexibility index (Phi) is 3.69. The Labute approximate surface area is 106 Å². The van der Waals surface area contributed by atoms with Crippen LogP contribution in [0.4, 0.5) is 5.69 Å². The van der Waals surface area contributed by atoms with Gasteiger partial charge in [0.2, 0.25) is 0 Å². The van der Waals surface area contributed by atoms with Crippen LogP contribution < -0.4 is 5.73 Å². The number of nitrogen functional groups attached to an aromatic ring is 1. The molecule has 0 saturated carbocycles. The number of aryl methyl sites for hydroxylation is 2. The van der Waals surface area contributed by atoms with Crippen molar-refractivity contribution in [3.8, 4) is 0 Å². The van der Waals surface area contributed by atoms with E-state index in [4.69, 9.17) is 5.73 Å². The molecule has 0 aliphatic carbocycles. The molecule has 2 rings (SSSR count). The molecule has 0 amide bonds. The lowest BCUT2D eigenvalue weighted by atomic mass is 10.1. The molecular weight excluding hydrogens is 228 g/mol. The Bertz CT molecular complexity index is 503. The molecule has 0 fully saturated rings. The number of rotatable bonds is 3. The molecule has 2 N–H and O–H groups in total. The average Bonchev–Trinajstić information content (AvgIpc) is 2.25. The van der Waals surface area contributed by atoms with Gasteiger partial charge < -0.3 is 5.73 Å². The number of benzene rings is 1. The summed E-state index contributed by atoms with van der Waals surface area (Å²) in [4.78, 5) is 4.28. The molecule has 3 heteroatoms. The van der Waals surface area contributed by atoms with Gasteiger partial charge >= 0.3 is 0 Å². The molecule has 0 aliphatic rings. The van der Waals surface area contributed by atoms with Crippen molar-refractivity contribution < 1.29 is 0 Å². The van der Waals surface area contributed by atoms with Crippen molar-refractivity contribution in [2.45, 2.75) is 24.6 Å². The molecule has 1 aromatic carbocycles. The van der Waals surface area contributed by atoms with Gasteiger partial charge in [-0.15, -0.1) is 11.8 Å². The Morgan fingerprint density at radius 3 is 2.47 bits per heavy atom. The van der Waals surface area contributed by atoms with Crippen molar-refractivity contribution in [2.24, 2.45) is 0 Å². The molecule has 88 valence electrons. The Morgan fingerprint density at radius 1 is 1.12 bits per heavy atom. The Hall–Kier alpha value is -1.48. The van der Waals surface area contributed by atoms with E-state index >= 15 is 0 Å². The van der Waals surface area contributed by atoms with Crippen LogP contribution in [0.25, 0.3) is 0 Å². The molecule has 0 aliphatic heterocycles. The van der Waals surface area contributed by atoms with E-state index in [1.54, 1.807) is 24.0 Å². The highest BCUT2D eigenvalue weighted by Gasteiger charge is 2.00. The summed E-state index contributed by atoms with van der Waals surface area (Å²) in [5, 5.41) is 0.976. The SMILES string of the molecule is Cc1cc(C)cc(CSc2cc(N)ccn2)c1. The first-order valence-electron chi connectivity index (χ1n) is 5.55. The first kappa shape index (κ1) is 12.0. The van der Waals surface area contributed by atoms with E-state index in [9.17, 15) is 0 Å². The largest absolute Gasteiger partial charge is 0.399 e. The summed E-state index contributed by atoms with van der Waals surface area (Å²) in [6.45, 7) is 4.25. The van der Waals surface area contributed by atoms with Crippen molar-refractivity contribution in [1.82, 2.24) is 4.98 Å². The number of nitrogens with zero attached hydrogens (tertiary/aromatic N) is 1. The highest BCUT2D eigenvalue weighted by atomic mass is 32.2. The monoisotopic (exact) mass is 244 g/mol. The van der Waals surface area contributed by atoms with E-state index in [2.05, 4.69) is 37.0 Å².